The zero-order valence-electron chi connectivity index (χ0n) is 7.32. The second-order valence-corrected chi connectivity index (χ2v) is 4.69. The van der Waals surface area contributed by atoms with Crippen LogP contribution in [0.4, 0.5) is 0 Å². The Morgan fingerprint density at radius 1 is 1.08 bits per heavy atom. The van der Waals surface area contributed by atoms with E-state index in [1.54, 1.807) is 0 Å². The van der Waals surface area contributed by atoms with E-state index in [4.69, 9.17) is 0 Å². The number of aliphatic hydroxyl groups is 1. The van der Waals surface area contributed by atoms with Crippen molar-refractivity contribution in [2.45, 2.75) is 31.8 Å². The minimum absolute atomic E-state index is 0.0173. The van der Waals surface area contributed by atoms with Gasteiger partial charge in [-0.2, -0.15) is 0 Å². The lowest BCUT2D eigenvalue weighted by Gasteiger charge is -2.36. The fourth-order valence-electron chi connectivity index (χ4n) is 3.70. The molecule has 3 aliphatic rings. The van der Waals surface area contributed by atoms with Crippen molar-refractivity contribution in [1.29, 1.82) is 0 Å². The highest BCUT2D eigenvalue weighted by atomic mass is 16.3. The Labute approximate surface area is 73.5 Å². The van der Waals surface area contributed by atoms with Crippen LogP contribution in [0.3, 0.4) is 0 Å². The second kappa shape index (κ2) is 2.35. The zero-order valence-corrected chi connectivity index (χ0v) is 7.32. The largest absolute Gasteiger partial charge is 0.393 e. The van der Waals surface area contributed by atoms with Gasteiger partial charge in [-0.05, 0) is 42.9 Å². The van der Waals surface area contributed by atoms with E-state index in [0.29, 0.717) is 5.92 Å². The molecule has 0 amide bonds. The summed E-state index contributed by atoms with van der Waals surface area (Å²) >= 11 is 0. The summed E-state index contributed by atoms with van der Waals surface area (Å²) in [5.74, 6) is 3.03. The highest BCUT2D eigenvalue weighted by Crippen LogP contribution is 2.53. The van der Waals surface area contributed by atoms with E-state index in [0.717, 1.165) is 24.2 Å². The number of allylic oxidation sites excluding steroid dienone is 2. The highest BCUT2D eigenvalue weighted by Gasteiger charge is 2.48. The second-order valence-electron chi connectivity index (χ2n) is 4.69. The van der Waals surface area contributed by atoms with Crippen LogP contribution in [-0.4, -0.2) is 11.2 Å². The van der Waals surface area contributed by atoms with Gasteiger partial charge in [-0.15, -0.1) is 0 Å². The molecule has 2 fully saturated rings. The van der Waals surface area contributed by atoms with Crippen molar-refractivity contribution in [3.05, 3.63) is 12.2 Å². The summed E-state index contributed by atoms with van der Waals surface area (Å²) < 4.78 is 0. The van der Waals surface area contributed by atoms with Gasteiger partial charge >= 0.3 is 0 Å². The summed E-state index contributed by atoms with van der Waals surface area (Å²) in [6.45, 7) is 0. The molecule has 12 heavy (non-hydrogen) atoms. The summed E-state index contributed by atoms with van der Waals surface area (Å²) in [5.41, 5.74) is 0. The molecule has 1 N–H and O–H groups in total. The van der Waals surface area contributed by atoms with E-state index < -0.39 is 0 Å². The third-order valence-corrected chi connectivity index (χ3v) is 4.17. The molecule has 0 aromatic carbocycles. The van der Waals surface area contributed by atoms with E-state index >= 15 is 0 Å². The maximum absolute atomic E-state index is 9.87. The number of rotatable bonds is 0. The minimum atomic E-state index is 0.0173. The van der Waals surface area contributed by atoms with E-state index in [9.17, 15) is 5.11 Å². The van der Waals surface area contributed by atoms with Crippen molar-refractivity contribution in [2.75, 3.05) is 0 Å². The molecule has 0 radical (unpaired) electrons. The smallest absolute Gasteiger partial charge is 0.0576 e. The van der Waals surface area contributed by atoms with Crippen molar-refractivity contribution in [1.82, 2.24) is 0 Å². The Morgan fingerprint density at radius 2 is 1.92 bits per heavy atom. The van der Waals surface area contributed by atoms with Crippen molar-refractivity contribution >= 4 is 0 Å². The van der Waals surface area contributed by atoms with E-state index in [1.807, 2.05) is 0 Å². The van der Waals surface area contributed by atoms with Gasteiger partial charge in [0.05, 0.1) is 6.10 Å². The van der Waals surface area contributed by atoms with Gasteiger partial charge in [0.1, 0.15) is 0 Å². The molecule has 2 saturated carbocycles. The predicted octanol–water partition coefficient (Wildman–Crippen LogP) is 1.97. The average Bonchev–Trinajstić information content (AvgIpc) is 2.64. The van der Waals surface area contributed by atoms with Crippen LogP contribution in [0.25, 0.3) is 0 Å². The standard InChI is InChI=1S/C11H16O/c12-10-3-1-2-9-7-4-5-8(6-7)11(9)10/h4-5,7-12H,1-3,6H2/t7?,8?,9-,10?,11?/m0/s1. The first kappa shape index (κ1) is 7.14. The topological polar surface area (TPSA) is 20.2 Å². The molecule has 3 aliphatic carbocycles. The zero-order chi connectivity index (χ0) is 8.13. The monoisotopic (exact) mass is 164 g/mol. The van der Waals surface area contributed by atoms with Gasteiger partial charge in [0, 0.05) is 0 Å². The van der Waals surface area contributed by atoms with Gasteiger partial charge in [0.15, 0.2) is 0 Å². The maximum Gasteiger partial charge on any atom is 0.0576 e. The Balaban J connectivity index is 1.92. The number of hydrogen-bond acceptors (Lipinski definition) is 1. The van der Waals surface area contributed by atoms with Crippen molar-refractivity contribution in [3.63, 3.8) is 0 Å². The molecule has 1 heteroatoms. The Bertz CT molecular complexity index is 221. The van der Waals surface area contributed by atoms with Crippen LogP contribution < -0.4 is 0 Å². The minimum Gasteiger partial charge on any atom is -0.393 e. The third kappa shape index (κ3) is 0.779. The van der Waals surface area contributed by atoms with Crippen molar-refractivity contribution in [2.24, 2.45) is 23.7 Å². The van der Waals surface area contributed by atoms with Crippen LogP contribution in [0, 0.1) is 23.7 Å². The van der Waals surface area contributed by atoms with Crippen LogP contribution in [0.1, 0.15) is 25.7 Å². The lowest BCUT2D eigenvalue weighted by Crippen LogP contribution is -2.34. The summed E-state index contributed by atoms with van der Waals surface area (Å²) in [6, 6.07) is 0. The third-order valence-electron chi connectivity index (χ3n) is 4.17. The molecular weight excluding hydrogens is 148 g/mol. The first-order chi connectivity index (χ1) is 5.86. The van der Waals surface area contributed by atoms with Crippen LogP contribution in [0.2, 0.25) is 0 Å². The molecule has 0 saturated heterocycles. The van der Waals surface area contributed by atoms with Crippen LogP contribution >= 0.6 is 0 Å². The average molecular weight is 164 g/mol. The van der Waals surface area contributed by atoms with E-state index in [2.05, 4.69) is 12.2 Å². The van der Waals surface area contributed by atoms with E-state index in [1.165, 1.54) is 19.3 Å². The molecule has 0 aromatic rings. The molecule has 0 aliphatic heterocycles. The maximum atomic E-state index is 9.87. The molecular formula is C11H16O. The molecule has 2 bridgehead atoms. The molecule has 3 rings (SSSR count). The molecule has 4 unspecified atom stereocenters. The summed E-state index contributed by atoms with van der Waals surface area (Å²) in [6.07, 6.45) is 9.77. The molecule has 0 aromatic heterocycles. The first-order valence-electron chi connectivity index (χ1n) is 5.22. The van der Waals surface area contributed by atoms with Gasteiger partial charge in [-0.3, -0.25) is 0 Å². The van der Waals surface area contributed by atoms with Gasteiger partial charge in [-0.1, -0.05) is 18.6 Å². The SMILES string of the molecule is OC1CCC[C@H]2C3C=CC(C3)C12. The summed E-state index contributed by atoms with van der Waals surface area (Å²) in [7, 11) is 0. The number of aliphatic hydroxyl groups excluding tert-OH is 1. The fourth-order valence-corrected chi connectivity index (χ4v) is 3.70. The summed E-state index contributed by atoms with van der Waals surface area (Å²) in [4.78, 5) is 0. The Kier molecular flexibility index (Phi) is 1.40. The highest BCUT2D eigenvalue weighted by molar-refractivity contribution is 5.15. The lowest BCUT2D eigenvalue weighted by atomic mass is 9.72. The lowest BCUT2D eigenvalue weighted by molar-refractivity contribution is 0.0265. The summed E-state index contributed by atoms with van der Waals surface area (Å²) in [5, 5.41) is 9.87. The van der Waals surface area contributed by atoms with Crippen LogP contribution in [0.15, 0.2) is 12.2 Å². The van der Waals surface area contributed by atoms with E-state index in [-0.39, 0.29) is 6.10 Å². The van der Waals surface area contributed by atoms with Gasteiger partial charge in [0.25, 0.3) is 0 Å². The van der Waals surface area contributed by atoms with Crippen molar-refractivity contribution < 1.29 is 5.11 Å². The predicted molar refractivity (Wildman–Crippen MR) is 47.6 cm³/mol. The molecule has 1 nitrogen and oxygen atoms in total. The first-order valence-corrected chi connectivity index (χ1v) is 5.22. The fraction of sp³-hybridized carbons (Fsp3) is 0.818. The molecule has 0 spiro atoms. The number of fused-ring (bicyclic) bond motifs is 5. The molecule has 0 heterocycles. The normalized spacial score (nSPS) is 55.9. The number of hydrogen-bond donors (Lipinski definition) is 1. The Morgan fingerprint density at radius 3 is 2.75 bits per heavy atom. The van der Waals surface area contributed by atoms with Gasteiger partial charge < -0.3 is 5.11 Å². The van der Waals surface area contributed by atoms with Crippen molar-refractivity contribution in [3.8, 4) is 0 Å². The molecule has 5 atom stereocenters. The van der Waals surface area contributed by atoms with Gasteiger partial charge in [0.2, 0.25) is 0 Å². The van der Waals surface area contributed by atoms with Crippen LogP contribution in [-0.2, 0) is 0 Å². The van der Waals surface area contributed by atoms with Crippen LogP contribution in [0.5, 0.6) is 0 Å². The quantitative estimate of drug-likeness (QED) is 0.543. The van der Waals surface area contributed by atoms with Gasteiger partial charge in [-0.25, -0.2) is 0 Å². The molecule has 66 valence electrons. The Hall–Kier alpha value is -0.300.